The number of thioether (sulfide) groups is 1. The summed E-state index contributed by atoms with van der Waals surface area (Å²) in [5, 5.41) is 27.9. The molecule has 2 aromatic carbocycles. The summed E-state index contributed by atoms with van der Waals surface area (Å²) in [6.07, 6.45) is -0.723. The van der Waals surface area contributed by atoms with Crippen molar-refractivity contribution in [2.75, 3.05) is 12.5 Å². The SMILES string of the molecule is Cc1cccnc1CNC(=O)[C@H]1N(C(=O)[C@@H](O)CC(Cc2ccccc2)C(=O)N[C@H]2c3ccccc3OC[C@H]2O)CSC1(C)C. The summed E-state index contributed by atoms with van der Waals surface area (Å²) in [6, 6.07) is 18.8. The molecule has 0 saturated carbocycles. The Balaban J connectivity index is 1.31. The van der Waals surface area contributed by atoms with Crippen molar-refractivity contribution in [2.45, 2.75) is 69.2 Å². The standard InChI is InChI=1S/C34H40N4O6S/c1-21-10-9-15-35-25(21)18-36-32(42)30-34(2,3)45-20-38(30)33(43)26(39)17-23(16-22-11-5-4-6-12-22)31(41)37-29-24-13-7-8-14-28(24)44-19-27(29)40/h4-15,23,26-27,29-30,39-40H,16-20H2,1-3H3,(H,36,42)(H,37,41)/t23?,26-,27+,29-,30+/m0/s1. The lowest BCUT2D eigenvalue weighted by Crippen LogP contribution is -2.55. The number of ether oxygens (including phenoxy) is 1. The second kappa shape index (κ2) is 14.0. The minimum atomic E-state index is -1.53. The van der Waals surface area contributed by atoms with Crippen LogP contribution in [0.2, 0.25) is 0 Å². The molecule has 3 aromatic rings. The summed E-state index contributed by atoms with van der Waals surface area (Å²) in [5.74, 6) is -1.33. The second-order valence-electron chi connectivity index (χ2n) is 12.1. The first-order valence-corrected chi connectivity index (χ1v) is 16.1. The highest BCUT2D eigenvalue weighted by Gasteiger charge is 2.49. The molecule has 11 heteroatoms. The largest absolute Gasteiger partial charge is 0.490 e. The van der Waals surface area contributed by atoms with E-state index in [0.717, 1.165) is 16.8 Å². The van der Waals surface area contributed by atoms with E-state index in [9.17, 15) is 24.6 Å². The predicted octanol–water partition coefficient (Wildman–Crippen LogP) is 2.91. The van der Waals surface area contributed by atoms with Crippen LogP contribution in [0, 0.1) is 12.8 Å². The molecule has 0 bridgehead atoms. The lowest BCUT2D eigenvalue weighted by Gasteiger charge is -2.33. The Hall–Kier alpha value is -3.93. The van der Waals surface area contributed by atoms with Crippen LogP contribution >= 0.6 is 11.8 Å². The molecule has 45 heavy (non-hydrogen) atoms. The fourth-order valence-corrected chi connectivity index (χ4v) is 7.06. The number of aliphatic hydroxyl groups excluding tert-OH is 2. The summed E-state index contributed by atoms with van der Waals surface area (Å²) in [6.45, 7) is 5.96. The first kappa shape index (κ1) is 32.5. The van der Waals surface area contributed by atoms with Gasteiger partial charge in [-0.1, -0.05) is 54.6 Å². The number of nitrogens with one attached hydrogen (secondary N) is 2. The molecule has 1 saturated heterocycles. The van der Waals surface area contributed by atoms with Crippen LogP contribution in [0.5, 0.6) is 5.75 Å². The lowest BCUT2D eigenvalue weighted by molar-refractivity contribution is -0.147. The van der Waals surface area contributed by atoms with Gasteiger partial charge in [-0.15, -0.1) is 11.8 Å². The number of fused-ring (bicyclic) bond motifs is 1. The molecule has 5 atom stereocenters. The summed E-state index contributed by atoms with van der Waals surface area (Å²) in [5.41, 5.74) is 3.20. The number of hydrogen-bond donors (Lipinski definition) is 4. The zero-order valence-corrected chi connectivity index (χ0v) is 26.5. The lowest BCUT2D eigenvalue weighted by atomic mass is 9.90. The Bertz CT molecular complexity index is 1520. The van der Waals surface area contributed by atoms with Gasteiger partial charge in [-0.05, 0) is 56.9 Å². The van der Waals surface area contributed by atoms with Crippen molar-refractivity contribution in [1.82, 2.24) is 20.5 Å². The number of aryl methyl sites for hydroxylation is 1. The highest BCUT2D eigenvalue weighted by atomic mass is 32.2. The van der Waals surface area contributed by atoms with E-state index in [1.165, 1.54) is 16.7 Å². The second-order valence-corrected chi connectivity index (χ2v) is 13.7. The monoisotopic (exact) mass is 632 g/mol. The van der Waals surface area contributed by atoms with Gasteiger partial charge in [-0.3, -0.25) is 19.4 Å². The van der Waals surface area contributed by atoms with Gasteiger partial charge in [0.25, 0.3) is 5.91 Å². The van der Waals surface area contributed by atoms with Gasteiger partial charge >= 0.3 is 0 Å². The van der Waals surface area contributed by atoms with Gasteiger partial charge in [0.1, 0.15) is 30.6 Å². The molecule has 2 aliphatic heterocycles. The number of hydrogen-bond acceptors (Lipinski definition) is 8. The minimum Gasteiger partial charge on any atom is -0.490 e. The van der Waals surface area contributed by atoms with Gasteiger partial charge in [0, 0.05) is 22.4 Å². The maximum atomic E-state index is 13.8. The van der Waals surface area contributed by atoms with Crippen LogP contribution < -0.4 is 15.4 Å². The van der Waals surface area contributed by atoms with Crippen LogP contribution in [0.3, 0.4) is 0 Å². The van der Waals surface area contributed by atoms with E-state index in [4.69, 9.17) is 4.74 Å². The number of aliphatic hydroxyl groups is 2. The van der Waals surface area contributed by atoms with Crippen LogP contribution in [-0.4, -0.2) is 73.3 Å². The third-order valence-corrected chi connectivity index (χ3v) is 9.83. The van der Waals surface area contributed by atoms with Crippen LogP contribution in [0.15, 0.2) is 72.9 Å². The first-order valence-electron chi connectivity index (χ1n) is 15.1. The topological polar surface area (TPSA) is 141 Å². The molecule has 0 radical (unpaired) electrons. The van der Waals surface area contributed by atoms with Crippen molar-refractivity contribution in [1.29, 1.82) is 0 Å². The highest BCUT2D eigenvalue weighted by Crippen LogP contribution is 2.40. The van der Waals surface area contributed by atoms with Gasteiger partial charge in [0.15, 0.2) is 0 Å². The fraction of sp³-hybridized carbons (Fsp3) is 0.412. The zero-order chi connectivity index (χ0) is 32.1. The van der Waals surface area contributed by atoms with E-state index >= 15 is 0 Å². The highest BCUT2D eigenvalue weighted by molar-refractivity contribution is 8.00. The Morgan fingerprint density at radius 2 is 1.82 bits per heavy atom. The number of nitrogens with zero attached hydrogens (tertiary/aromatic N) is 2. The number of amides is 3. The molecule has 1 aromatic heterocycles. The fourth-order valence-electron chi connectivity index (χ4n) is 5.92. The molecule has 2 aliphatic rings. The van der Waals surface area contributed by atoms with Gasteiger partial charge in [-0.2, -0.15) is 0 Å². The van der Waals surface area contributed by atoms with Crippen LogP contribution in [0.4, 0.5) is 0 Å². The van der Waals surface area contributed by atoms with Crippen molar-refractivity contribution in [3.63, 3.8) is 0 Å². The van der Waals surface area contributed by atoms with E-state index in [1.807, 2.05) is 75.4 Å². The van der Waals surface area contributed by atoms with E-state index < -0.39 is 46.8 Å². The molecule has 238 valence electrons. The van der Waals surface area contributed by atoms with Crippen molar-refractivity contribution in [3.8, 4) is 5.75 Å². The Labute approximate surface area is 267 Å². The molecule has 1 fully saturated rings. The van der Waals surface area contributed by atoms with Crippen LogP contribution in [-0.2, 0) is 27.3 Å². The first-order chi connectivity index (χ1) is 21.5. The summed E-state index contributed by atoms with van der Waals surface area (Å²) >= 11 is 1.46. The number of para-hydroxylation sites is 1. The van der Waals surface area contributed by atoms with Gasteiger partial charge in [0.05, 0.1) is 24.2 Å². The Morgan fingerprint density at radius 1 is 1.09 bits per heavy atom. The van der Waals surface area contributed by atoms with Gasteiger partial charge in [-0.25, -0.2) is 0 Å². The van der Waals surface area contributed by atoms with E-state index in [-0.39, 0.29) is 37.8 Å². The van der Waals surface area contributed by atoms with Crippen LogP contribution in [0.1, 0.15) is 48.7 Å². The molecule has 1 unspecified atom stereocenters. The van der Waals surface area contributed by atoms with Gasteiger partial charge in [0.2, 0.25) is 11.8 Å². The maximum absolute atomic E-state index is 13.8. The summed E-state index contributed by atoms with van der Waals surface area (Å²) in [7, 11) is 0. The van der Waals surface area contributed by atoms with E-state index in [1.54, 1.807) is 18.3 Å². The Morgan fingerprint density at radius 3 is 2.58 bits per heavy atom. The molecule has 0 aliphatic carbocycles. The summed E-state index contributed by atoms with van der Waals surface area (Å²) in [4.78, 5) is 46.8. The van der Waals surface area contributed by atoms with Crippen LogP contribution in [0.25, 0.3) is 0 Å². The quantitative estimate of drug-likeness (QED) is 0.268. The van der Waals surface area contributed by atoms with E-state index in [0.29, 0.717) is 11.3 Å². The number of benzene rings is 2. The number of carbonyl (C=O) groups is 3. The maximum Gasteiger partial charge on any atom is 0.252 e. The van der Waals surface area contributed by atoms with E-state index in [2.05, 4.69) is 15.6 Å². The number of rotatable bonds is 10. The predicted molar refractivity (Wildman–Crippen MR) is 171 cm³/mol. The molecular weight excluding hydrogens is 592 g/mol. The molecular formula is C34H40N4O6S. The average molecular weight is 633 g/mol. The average Bonchev–Trinajstić information content (AvgIpc) is 3.36. The Kier molecular flexibility index (Phi) is 10.1. The third-order valence-electron chi connectivity index (χ3n) is 8.46. The van der Waals surface area contributed by atoms with Gasteiger partial charge < -0.3 is 30.5 Å². The molecule has 10 nitrogen and oxygen atoms in total. The number of pyridine rings is 1. The van der Waals surface area contributed by atoms with Crippen molar-refractivity contribution < 1.29 is 29.3 Å². The minimum absolute atomic E-state index is 0.0260. The molecule has 0 spiro atoms. The summed E-state index contributed by atoms with van der Waals surface area (Å²) < 4.78 is 5.02. The third kappa shape index (κ3) is 7.49. The van der Waals surface area contributed by atoms with Crippen molar-refractivity contribution in [3.05, 3.63) is 95.3 Å². The smallest absolute Gasteiger partial charge is 0.252 e. The number of carbonyl (C=O) groups excluding carboxylic acids is 3. The van der Waals surface area contributed by atoms with Crippen molar-refractivity contribution in [2.24, 2.45) is 5.92 Å². The number of aromatic nitrogens is 1. The van der Waals surface area contributed by atoms with Crippen molar-refractivity contribution >= 4 is 29.5 Å². The molecule has 3 heterocycles. The normalized spacial score (nSPS) is 21.6. The molecule has 5 rings (SSSR count). The zero-order valence-electron chi connectivity index (χ0n) is 25.7. The molecule has 4 N–H and O–H groups in total. The molecule has 3 amide bonds.